The zero-order valence-electron chi connectivity index (χ0n) is 14.4. The molecule has 2 amide bonds. The molecule has 136 valence electrons. The summed E-state index contributed by atoms with van der Waals surface area (Å²) in [4.78, 5) is 28.1. The molecule has 0 aromatic heterocycles. The Bertz CT molecular complexity index is 612. The Balaban J connectivity index is 1.54. The Morgan fingerprint density at radius 3 is 2.64 bits per heavy atom. The van der Waals surface area contributed by atoms with Gasteiger partial charge in [-0.15, -0.1) is 0 Å². The van der Waals surface area contributed by atoms with Crippen LogP contribution in [0.4, 0.5) is 4.79 Å². The van der Waals surface area contributed by atoms with E-state index in [4.69, 9.17) is 9.47 Å². The largest absolute Gasteiger partial charge is 0.445 e. The van der Waals surface area contributed by atoms with Gasteiger partial charge in [0, 0.05) is 19.6 Å². The number of ether oxygens (including phenoxy) is 2. The van der Waals surface area contributed by atoms with Crippen molar-refractivity contribution in [2.45, 2.75) is 19.6 Å². The number of aliphatic hydroxyl groups excluding tert-OH is 1. The number of rotatable bonds is 5. The number of nitrogens with zero attached hydrogens (tertiary/aromatic N) is 2. The van der Waals surface area contributed by atoms with E-state index in [9.17, 15) is 14.7 Å². The molecule has 7 nitrogen and oxygen atoms in total. The van der Waals surface area contributed by atoms with Gasteiger partial charge in [-0.1, -0.05) is 30.3 Å². The van der Waals surface area contributed by atoms with Crippen LogP contribution < -0.4 is 0 Å². The van der Waals surface area contributed by atoms with Crippen LogP contribution in [-0.2, 0) is 20.9 Å². The van der Waals surface area contributed by atoms with Crippen LogP contribution >= 0.6 is 0 Å². The number of piperazine rings is 1. The predicted octanol–water partition coefficient (Wildman–Crippen LogP) is 0.865. The van der Waals surface area contributed by atoms with E-state index in [1.807, 2.05) is 30.3 Å². The molecule has 3 rings (SSSR count). The van der Waals surface area contributed by atoms with E-state index in [0.717, 1.165) is 5.56 Å². The Kier molecular flexibility index (Phi) is 5.24. The van der Waals surface area contributed by atoms with Gasteiger partial charge in [-0.3, -0.25) is 9.69 Å². The van der Waals surface area contributed by atoms with Crippen molar-refractivity contribution < 1.29 is 24.2 Å². The lowest BCUT2D eigenvalue weighted by Crippen LogP contribution is -2.62. The highest BCUT2D eigenvalue weighted by Gasteiger charge is 2.43. The molecular weight excluding hydrogens is 324 g/mol. The molecule has 2 aliphatic heterocycles. The second-order valence-electron chi connectivity index (χ2n) is 6.82. The number of hydrogen-bond acceptors (Lipinski definition) is 5. The van der Waals surface area contributed by atoms with Gasteiger partial charge in [0.1, 0.15) is 12.6 Å². The molecular formula is C18H24N2O5. The zero-order chi connectivity index (χ0) is 17.9. The first kappa shape index (κ1) is 17.7. The van der Waals surface area contributed by atoms with E-state index in [0.29, 0.717) is 32.8 Å². The minimum absolute atomic E-state index is 0.00596. The molecule has 2 saturated heterocycles. The van der Waals surface area contributed by atoms with Crippen molar-refractivity contribution in [3.8, 4) is 0 Å². The van der Waals surface area contributed by atoms with Gasteiger partial charge < -0.3 is 19.5 Å². The number of aliphatic hydroxyl groups is 1. The van der Waals surface area contributed by atoms with E-state index < -0.39 is 12.1 Å². The maximum absolute atomic E-state index is 12.6. The molecule has 1 atom stereocenters. The molecule has 2 aliphatic rings. The molecule has 1 N–H and O–H groups in total. The third-order valence-corrected chi connectivity index (χ3v) is 4.87. The van der Waals surface area contributed by atoms with Crippen molar-refractivity contribution in [2.75, 3.05) is 39.5 Å². The van der Waals surface area contributed by atoms with Crippen LogP contribution in [-0.4, -0.2) is 72.4 Å². The number of carbonyl (C=O) groups is 2. The number of hydrogen-bond donors (Lipinski definition) is 1. The molecule has 2 heterocycles. The van der Waals surface area contributed by atoms with Crippen LogP contribution in [0.25, 0.3) is 0 Å². The van der Waals surface area contributed by atoms with Gasteiger partial charge >= 0.3 is 6.09 Å². The molecule has 0 spiro atoms. The first-order valence-corrected chi connectivity index (χ1v) is 8.49. The molecule has 7 heteroatoms. The second-order valence-corrected chi connectivity index (χ2v) is 6.82. The Labute approximate surface area is 147 Å². The summed E-state index contributed by atoms with van der Waals surface area (Å²) in [6.45, 7) is 4.13. The summed E-state index contributed by atoms with van der Waals surface area (Å²) in [6.07, 6.45) is -0.479. The highest BCUT2D eigenvalue weighted by atomic mass is 16.6. The molecule has 1 unspecified atom stereocenters. The van der Waals surface area contributed by atoms with Crippen LogP contribution in [0.1, 0.15) is 12.5 Å². The Morgan fingerprint density at radius 2 is 2.04 bits per heavy atom. The van der Waals surface area contributed by atoms with Crippen molar-refractivity contribution >= 4 is 12.0 Å². The van der Waals surface area contributed by atoms with Crippen LogP contribution in [0.3, 0.4) is 0 Å². The fourth-order valence-electron chi connectivity index (χ4n) is 3.17. The van der Waals surface area contributed by atoms with Gasteiger partial charge in [0.2, 0.25) is 5.91 Å². The first-order valence-electron chi connectivity index (χ1n) is 8.49. The van der Waals surface area contributed by atoms with Gasteiger partial charge in [-0.25, -0.2) is 4.79 Å². The first-order chi connectivity index (χ1) is 12.0. The third kappa shape index (κ3) is 3.77. The maximum atomic E-state index is 12.6. The van der Waals surface area contributed by atoms with Gasteiger partial charge in [0.05, 0.1) is 25.2 Å². The molecule has 0 bridgehead atoms. The Morgan fingerprint density at radius 1 is 1.32 bits per heavy atom. The summed E-state index contributed by atoms with van der Waals surface area (Å²) in [5.41, 5.74) is 0.550. The molecule has 0 aliphatic carbocycles. The average molecular weight is 348 g/mol. The Hall–Kier alpha value is -2.12. The van der Waals surface area contributed by atoms with Crippen molar-refractivity contribution in [1.29, 1.82) is 0 Å². The highest BCUT2D eigenvalue weighted by Crippen LogP contribution is 2.29. The molecule has 0 radical (unpaired) electrons. The fraction of sp³-hybridized carbons (Fsp3) is 0.556. The number of benzene rings is 1. The van der Waals surface area contributed by atoms with Crippen LogP contribution in [0, 0.1) is 5.41 Å². The SMILES string of the molecule is CC1C(=O)N(CC2(CO)COC2)CCN1C(=O)OCc1ccccc1. The van der Waals surface area contributed by atoms with Gasteiger partial charge in [-0.05, 0) is 12.5 Å². The van der Waals surface area contributed by atoms with Gasteiger partial charge in [0.25, 0.3) is 0 Å². The quantitative estimate of drug-likeness (QED) is 0.854. The molecule has 1 aromatic carbocycles. The third-order valence-electron chi connectivity index (χ3n) is 4.87. The predicted molar refractivity (Wildman–Crippen MR) is 89.7 cm³/mol. The van der Waals surface area contributed by atoms with Crippen LogP contribution in [0.2, 0.25) is 0 Å². The van der Waals surface area contributed by atoms with E-state index in [1.165, 1.54) is 4.90 Å². The van der Waals surface area contributed by atoms with Crippen molar-refractivity contribution in [1.82, 2.24) is 9.80 Å². The fourth-order valence-corrected chi connectivity index (χ4v) is 3.17. The van der Waals surface area contributed by atoms with E-state index in [2.05, 4.69) is 0 Å². The lowest BCUT2D eigenvalue weighted by molar-refractivity contribution is -0.165. The lowest BCUT2D eigenvalue weighted by atomic mass is 9.86. The summed E-state index contributed by atoms with van der Waals surface area (Å²) < 4.78 is 10.5. The van der Waals surface area contributed by atoms with E-state index in [-0.39, 0.29) is 24.5 Å². The van der Waals surface area contributed by atoms with Crippen molar-refractivity contribution in [3.05, 3.63) is 35.9 Å². The van der Waals surface area contributed by atoms with Crippen molar-refractivity contribution in [2.24, 2.45) is 5.41 Å². The van der Waals surface area contributed by atoms with Crippen LogP contribution in [0.5, 0.6) is 0 Å². The van der Waals surface area contributed by atoms with Gasteiger partial charge in [0.15, 0.2) is 0 Å². The van der Waals surface area contributed by atoms with Gasteiger partial charge in [-0.2, -0.15) is 0 Å². The van der Waals surface area contributed by atoms with Crippen molar-refractivity contribution in [3.63, 3.8) is 0 Å². The minimum atomic E-state index is -0.575. The normalized spacial score (nSPS) is 22.5. The molecule has 2 fully saturated rings. The monoisotopic (exact) mass is 348 g/mol. The summed E-state index contributed by atoms with van der Waals surface area (Å²) >= 11 is 0. The summed E-state index contributed by atoms with van der Waals surface area (Å²) in [6, 6.07) is 8.86. The molecule has 0 saturated carbocycles. The van der Waals surface area contributed by atoms with E-state index >= 15 is 0 Å². The number of amides is 2. The summed E-state index contributed by atoms with van der Waals surface area (Å²) in [5.74, 6) is -0.123. The number of carbonyl (C=O) groups excluding carboxylic acids is 2. The van der Waals surface area contributed by atoms with E-state index in [1.54, 1.807) is 11.8 Å². The lowest BCUT2D eigenvalue weighted by Gasteiger charge is -2.46. The maximum Gasteiger partial charge on any atom is 0.410 e. The summed E-state index contributed by atoms with van der Waals surface area (Å²) in [5, 5.41) is 9.54. The second kappa shape index (κ2) is 7.41. The highest BCUT2D eigenvalue weighted by molar-refractivity contribution is 5.86. The average Bonchev–Trinajstić information content (AvgIpc) is 2.60. The molecule has 25 heavy (non-hydrogen) atoms. The van der Waals surface area contributed by atoms with Crippen LogP contribution in [0.15, 0.2) is 30.3 Å². The molecule has 1 aromatic rings. The smallest absolute Gasteiger partial charge is 0.410 e. The zero-order valence-corrected chi connectivity index (χ0v) is 14.4. The summed E-state index contributed by atoms with van der Waals surface area (Å²) in [7, 11) is 0. The minimum Gasteiger partial charge on any atom is -0.445 e. The standard InChI is InChI=1S/C18H24N2O5/c1-14-16(22)19(10-18(11-21)12-24-13-18)7-8-20(14)17(23)25-9-15-5-3-2-4-6-15/h2-6,14,21H,7-13H2,1H3. The topological polar surface area (TPSA) is 79.3 Å².